The summed E-state index contributed by atoms with van der Waals surface area (Å²) in [4.78, 5) is 11.8. The molecule has 2 aromatic heterocycles. The molecule has 64 heavy (non-hydrogen) atoms. The molecule has 0 fully saturated rings. The number of hydrogen-bond acceptors (Lipinski definition) is 4. The SMILES string of the molecule is CN1C=CNC1c1ccc(CCc2cc(CCc3ccc(-c4nccn4C)cc3)cc(-c3ccccc3-c3ccc(-c4cccc(-c5ccc(-c6ccccc6)cc5)c4)nc3)c2)cc1. The van der Waals surface area contributed by atoms with Crippen LogP contribution in [-0.4, -0.2) is 26.5 Å². The van der Waals surface area contributed by atoms with Crippen molar-refractivity contribution in [1.29, 1.82) is 0 Å². The maximum absolute atomic E-state index is 5.06. The molecule has 0 aliphatic carbocycles. The first-order chi connectivity index (χ1) is 31.5. The zero-order valence-electron chi connectivity index (χ0n) is 36.4. The van der Waals surface area contributed by atoms with Gasteiger partial charge in [-0.2, -0.15) is 0 Å². The molecule has 1 aliphatic heterocycles. The van der Waals surface area contributed by atoms with Crippen molar-refractivity contribution < 1.29 is 0 Å². The summed E-state index contributed by atoms with van der Waals surface area (Å²) in [5, 5.41) is 3.44. The predicted octanol–water partition coefficient (Wildman–Crippen LogP) is 13.4. The van der Waals surface area contributed by atoms with E-state index in [1.165, 1.54) is 66.8 Å². The summed E-state index contributed by atoms with van der Waals surface area (Å²) in [5.41, 5.74) is 19.3. The van der Waals surface area contributed by atoms with Gasteiger partial charge in [0.15, 0.2) is 0 Å². The van der Waals surface area contributed by atoms with Gasteiger partial charge in [-0.3, -0.25) is 4.98 Å². The Kier molecular flexibility index (Phi) is 11.5. The maximum atomic E-state index is 5.06. The van der Waals surface area contributed by atoms with Crippen LogP contribution in [0.4, 0.5) is 0 Å². The Balaban J connectivity index is 0.907. The lowest BCUT2D eigenvalue weighted by molar-refractivity contribution is 0.340. The molecule has 10 rings (SSSR count). The first kappa shape index (κ1) is 40.3. The van der Waals surface area contributed by atoms with E-state index >= 15 is 0 Å². The van der Waals surface area contributed by atoms with Crippen molar-refractivity contribution in [2.45, 2.75) is 31.8 Å². The third kappa shape index (κ3) is 8.93. The zero-order chi connectivity index (χ0) is 43.2. The quantitative estimate of drug-likeness (QED) is 0.126. The predicted molar refractivity (Wildman–Crippen MR) is 264 cm³/mol. The second-order valence-electron chi connectivity index (χ2n) is 16.9. The summed E-state index contributed by atoms with van der Waals surface area (Å²) in [6.07, 6.45) is 14.0. The average Bonchev–Trinajstić information content (AvgIpc) is 4.00. The molecule has 9 aromatic rings. The van der Waals surface area contributed by atoms with E-state index in [0.717, 1.165) is 53.9 Å². The number of hydrogen-bond donors (Lipinski definition) is 1. The van der Waals surface area contributed by atoms with Gasteiger partial charge in [-0.25, -0.2) is 4.98 Å². The monoisotopic (exact) mass is 829 g/mol. The van der Waals surface area contributed by atoms with Gasteiger partial charge in [0.25, 0.3) is 0 Å². The van der Waals surface area contributed by atoms with Crippen molar-refractivity contribution in [2.75, 3.05) is 7.05 Å². The molecule has 0 saturated heterocycles. The second kappa shape index (κ2) is 18.3. The van der Waals surface area contributed by atoms with Gasteiger partial charge < -0.3 is 14.8 Å². The van der Waals surface area contributed by atoms with Crippen LogP contribution in [0.2, 0.25) is 0 Å². The third-order valence-electron chi connectivity index (χ3n) is 12.6. The molecule has 0 saturated carbocycles. The molecular formula is C59H51N5. The first-order valence-electron chi connectivity index (χ1n) is 22.3. The summed E-state index contributed by atoms with van der Waals surface area (Å²) in [6, 6.07) is 66.4. The Hall–Kier alpha value is -7.76. The van der Waals surface area contributed by atoms with E-state index in [0.29, 0.717) is 0 Å². The smallest absolute Gasteiger partial charge is 0.139 e. The van der Waals surface area contributed by atoms with Crippen LogP contribution in [-0.2, 0) is 32.7 Å². The van der Waals surface area contributed by atoms with E-state index in [2.05, 4.69) is 215 Å². The molecular weight excluding hydrogens is 779 g/mol. The maximum Gasteiger partial charge on any atom is 0.139 e. The van der Waals surface area contributed by atoms with E-state index in [1.54, 1.807) is 0 Å². The summed E-state index contributed by atoms with van der Waals surface area (Å²) in [6.45, 7) is 0. The highest BCUT2D eigenvalue weighted by Crippen LogP contribution is 2.35. The Morgan fingerprint density at radius 3 is 1.64 bits per heavy atom. The molecule has 1 unspecified atom stereocenters. The fourth-order valence-corrected chi connectivity index (χ4v) is 8.96. The van der Waals surface area contributed by atoms with Crippen molar-refractivity contribution in [1.82, 2.24) is 24.8 Å². The molecule has 3 heterocycles. The van der Waals surface area contributed by atoms with Crippen LogP contribution in [0, 0.1) is 0 Å². The van der Waals surface area contributed by atoms with Crippen LogP contribution < -0.4 is 5.32 Å². The minimum atomic E-state index is 0.186. The lowest BCUT2D eigenvalue weighted by Gasteiger charge is -2.21. The van der Waals surface area contributed by atoms with Gasteiger partial charge in [0.1, 0.15) is 12.0 Å². The van der Waals surface area contributed by atoms with Crippen LogP contribution in [0.3, 0.4) is 0 Å². The Morgan fingerprint density at radius 2 is 1.02 bits per heavy atom. The van der Waals surface area contributed by atoms with E-state index < -0.39 is 0 Å². The highest BCUT2D eigenvalue weighted by molar-refractivity contribution is 5.84. The van der Waals surface area contributed by atoms with Gasteiger partial charge in [-0.05, 0) is 105 Å². The minimum absolute atomic E-state index is 0.186. The van der Waals surface area contributed by atoms with E-state index in [4.69, 9.17) is 4.98 Å². The normalized spacial score (nSPS) is 13.3. The van der Waals surface area contributed by atoms with Crippen molar-refractivity contribution in [3.8, 4) is 67.2 Å². The lowest BCUT2D eigenvalue weighted by atomic mass is 9.90. The Bertz CT molecular complexity index is 3020. The van der Waals surface area contributed by atoms with Gasteiger partial charge in [-0.15, -0.1) is 0 Å². The number of aryl methyl sites for hydroxylation is 5. The van der Waals surface area contributed by atoms with Gasteiger partial charge >= 0.3 is 0 Å². The molecule has 0 bridgehead atoms. The highest BCUT2D eigenvalue weighted by Gasteiger charge is 2.17. The summed E-state index contributed by atoms with van der Waals surface area (Å²) in [5.74, 6) is 0.983. The van der Waals surface area contributed by atoms with Gasteiger partial charge in [0, 0.05) is 61.8 Å². The van der Waals surface area contributed by atoms with E-state index in [9.17, 15) is 0 Å². The largest absolute Gasteiger partial charge is 0.366 e. The van der Waals surface area contributed by atoms with Crippen LogP contribution in [0.15, 0.2) is 213 Å². The van der Waals surface area contributed by atoms with Crippen molar-refractivity contribution in [3.63, 3.8) is 0 Å². The number of rotatable bonds is 13. The van der Waals surface area contributed by atoms with Crippen LogP contribution in [0.25, 0.3) is 67.2 Å². The van der Waals surface area contributed by atoms with Gasteiger partial charge in [0.05, 0.1) is 5.69 Å². The number of nitrogens with one attached hydrogen (secondary N) is 1. The van der Waals surface area contributed by atoms with Crippen LogP contribution in [0.1, 0.15) is 34.0 Å². The summed E-state index contributed by atoms with van der Waals surface area (Å²) < 4.78 is 2.06. The number of pyridine rings is 1. The molecule has 1 N–H and O–H groups in total. The molecule has 7 aromatic carbocycles. The van der Waals surface area contributed by atoms with Gasteiger partial charge in [0.2, 0.25) is 0 Å². The number of benzene rings is 7. The number of nitrogens with zero attached hydrogens (tertiary/aromatic N) is 4. The summed E-state index contributed by atoms with van der Waals surface area (Å²) in [7, 11) is 4.14. The third-order valence-corrected chi connectivity index (χ3v) is 12.6. The Morgan fingerprint density at radius 1 is 0.453 bits per heavy atom. The number of aromatic nitrogens is 3. The molecule has 1 atom stereocenters. The molecule has 0 radical (unpaired) electrons. The molecule has 1 aliphatic rings. The van der Waals surface area contributed by atoms with Crippen molar-refractivity contribution >= 4 is 0 Å². The molecule has 312 valence electrons. The van der Waals surface area contributed by atoms with E-state index in [1.807, 2.05) is 31.8 Å². The molecule has 5 heteroatoms. The average molecular weight is 830 g/mol. The Labute approximate surface area is 377 Å². The number of imidazole rings is 1. The second-order valence-corrected chi connectivity index (χ2v) is 16.9. The topological polar surface area (TPSA) is 46.0 Å². The molecule has 0 amide bonds. The van der Waals surface area contributed by atoms with Crippen molar-refractivity contribution in [3.05, 3.63) is 241 Å². The van der Waals surface area contributed by atoms with E-state index in [-0.39, 0.29) is 6.17 Å². The first-order valence-corrected chi connectivity index (χ1v) is 22.3. The fraction of sp³-hybridized carbons (Fsp3) is 0.119. The standard InChI is InChI=1S/C59H51N5/c1-63-35-33-60-58(63)49-23-19-42(20-24-49)15-17-44-37-45(18-16-43-21-25-50(26-22-43)59-61-34-36-64(59)2)39-54(38-44)56-14-7-6-13-55(56)53-31-32-57(62-41-53)52-12-8-11-51(40-52)48-29-27-47(28-30-48)46-9-4-3-5-10-46/h3-14,19-41,58,60H,15-18H2,1-2H3. The van der Waals surface area contributed by atoms with Crippen LogP contribution >= 0.6 is 0 Å². The zero-order valence-corrected chi connectivity index (χ0v) is 36.4. The fourth-order valence-electron chi connectivity index (χ4n) is 8.96. The van der Waals surface area contributed by atoms with Crippen molar-refractivity contribution in [2.24, 2.45) is 7.05 Å². The highest BCUT2D eigenvalue weighted by atomic mass is 15.3. The molecule has 0 spiro atoms. The summed E-state index contributed by atoms with van der Waals surface area (Å²) >= 11 is 0. The lowest BCUT2D eigenvalue weighted by Crippen LogP contribution is -2.23. The van der Waals surface area contributed by atoms with Crippen LogP contribution in [0.5, 0.6) is 0 Å². The molecule has 5 nitrogen and oxygen atoms in total. The minimum Gasteiger partial charge on any atom is -0.366 e. The van der Waals surface area contributed by atoms with Gasteiger partial charge in [-0.1, -0.05) is 170 Å².